The number of rotatable bonds is 18. The predicted octanol–water partition coefficient (Wildman–Crippen LogP) is 7.61. The van der Waals surface area contributed by atoms with Gasteiger partial charge in [0.1, 0.15) is 5.75 Å². The second-order valence-corrected chi connectivity index (χ2v) is 11.3. The Kier molecular flexibility index (Phi) is 14.8. The highest BCUT2D eigenvalue weighted by Crippen LogP contribution is 2.33. The summed E-state index contributed by atoms with van der Waals surface area (Å²) in [5, 5.41) is 16.1. The molecule has 0 radical (unpaired) electrons. The van der Waals surface area contributed by atoms with Crippen LogP contribution in [0, 0.1) is 0 Å². The van der Waals surface area contributed by atoms with Crippen LogP contribution < -0.4 is 15.4 Å². The SMILES string of the molecule is CCCCCCCCCNCCOC.COCCn1c(Nc2nc3ccc(OC(F)(F)F)cc3s2)nc2cc(C(=O)O)ccc21. The summed E-state index contributed by atoms with van der Waals surface area (Å²) in [6.07, 6.45) is 4.93. The highest BCUT2D eigenvalue weighted by Gasteiger charge is 2.31. The van der Waals surface area contributed by atoms with Crippen LogP contribution in [-0.4, -0.2) is 72.5 Å². The Balaban J connectivity index is 0.000000335. The van der Waals surface area contributed by atoms with Gasteiger partial charge in [-0.05, 0) is 43.3 Å². The lowest BCUT2D eigenvalue weighted by atomic mass is 10.1. The van der Waals surface area contributed by atoms with Gasteiger partial charge >= 0.3 is 12.3 Å². The Labute approximate surface area is 264 Å². The summed E-state index contributed by atoms with van der Waals surface area (Å²) in [4.78, 5) is 20.1. The molecule has 3 N–H and O–H groups in total. The lowest BCUT2D eigenvalue weighted by Crippen LogP contribution is -2.20. The molecule has 2 aromatic heterocycles. The van der Waals surface area contributed by atoms with Crippen molar-refractivity contribution >= 4 is 49.6 Å². The number of ether oxygens (including phenoxy) is 3. The molecule has 4 aromatic rings. The van der Waals surface area contributed by atoms with E-state index in [0.717, 1.165) is 31.0 Å². The summed E-state index contributed by atoms with van der Waals surface area (Å²) < 4.78 is 53.7. The number of nitrogens with one attached hydrogen (secondary N) is 2. The number of anilines is 2. The van der Waals surface area contributed by atoms with Gasteiger partial charge in [-0.3, -0.25) is 0 Å². The molecule has 0 saturated heterocycles. The molecule has 0 aliphatic rings. The van der Waals surface area contributed by atoms with Crippen molar-refractivity contribution in [1.82, 2.24) is 19.9 Å². The van der Waals surface area contributed by atoms with Crippen LogP contribution in [0.1, 0.15) is 62.2 Å². The number of unbranched alkanes of at least 4 members (excludes halogenated alkanes) is 6. The number of hydrogen-bond acceptors (Lipinski definition) is 9. The molecule has 0 spiro atoms. The Hall–Kier alpha value is -3.46. The molecule has 0 aliphatic heterocycles. The third kappa shape index (κ3) is 12.1. The van der Waals surface area contributed by atoms with E-state index in [-0.39, 0.29) is 11.3 Å². The molecule has 0 fully saturated rings. The highest BCUT2D eigenvalue weighted by atomic mass is 32.1. The second-order valence-electron chi connectivity index (χ2n) is 10.3. The fourth-order valence-corrected chi connectivity index (χ4v) is 5.41. The van der Waals surface area contributed by atoms with Gasteiger partial charge in [0.05, 0.1) is 40.0 Å². The van der Waals surface area contributed by atoms with E-state index in [1.54, 1.807) is 20.3 Å². The summed E-state index contributed by atoms with van der Waals surface area (Å²) >= 11 is 1.13. The maximum Gasteiger partial charge on any atom is 0.573 e. The monoisotopic (exact) mass is 653 g/mol. The first-order chi connectivity index (χ1) is 21.6. The smallest absolute Gasteiger partial charge is 0.478 e. The molecular weight excluding hydrogens is 611 g/mol. The molecular formula is C31H42F3N5O5S. The first-order valence-electron chi connectivity index (χ1n) is 15.0. The minimum atomic E-state index is -4.78. The fourth-order valence-electron chi connectivity index (χ4n) is 4.52. The number of aromatic carboxylic acids is 1. The Morgan fingerprint density at radius 1 is 0.933 bits per heavy atom. The molecule has 0 atom stereocenters. The molecule has 14 heteroatoms. The zero-order valence-corrected chi connectivity index (χ0v) is 26.7. The minimum Gasteiger partial charge on any atom is -0.478 e. The number of hydrogen-bond donors (Lipinski definition) is 3. The van der Waals surface area contributed by atoms with Crippen molar-refractivity contribution in [1.29, 1.82) is 0 Å². The van der Waals surface area contributed by atoms with Crippen molar-refractivity contribution < 1.29 is 37.3 Å². The number of alkyl halides is 3. The van der Waals surface area contributed by atoms with Crippen LogP contribution in [0.2, 0.25) is 0 Å². The molecule has 0 unspecified atom stereocenters. The quantitative estimate of drug-likeness (QED) is 0.0933. The number of fused-ring (bicyclic) bond motifs is 2. The summed E-state index contributed by atoms with van der Waals surface area (Å²) in [6, 6.07) is 8.50. The summed E-state index contributed by atoms with van der Waals surface area (Å²) in [5.74, 6) is -0.991. The first kappa shape index (κ1) is 36.0. The molecule has 0 bridgehead atoms. The van der Waals surface area contributed by atoms with E-state index in [9.17, 15) is 23.1 Å². The van der Waals surface area contributed by atoms with Gasteiger partial charge in [0.25, 0.3) is 0 Å². The second kappa shape index (κ2) is 18.5. The van der Waals surface area contributed by atoms with Crippen LogP contribution in [-0.2, 0) is 16.0 Å². The van der Waals surface area contributed by atoms with Gasteiger partial charge < -0.3 is 34.5 Å². The molecule has 0 aliphatic carbocycles. The maximum atomic E-state index is 12.5. The van der Waals surface area contributed by atoms with Crippen LogP contribution in [0.25, 0.3) is 21.3 Å². The van der Waals surface area contributed by atoms with Crippen molar-refractivity contribution in [2.24, 2.45) is 0 Å². The number of benzene rings is 2. The van der Waals surface area contributed by atoms with Crippen LogP contribution in [0.3, 0.4) is 0 Å². The number of carbonyl (C=O) groups is 1. The lowest BCUT2D eigenvalue weighted by Gasteiger charge is -2.08. The molecule has 45 heavy (non-hydrogen) atoms. The van der Waals surface area contributed by atoms with E-state index in [0.29, 0.717) is 45.5 Å². The van der Waals surface area contributed by atoms with Gasteiger partial charge in [-0.15, -0.1) is 13.2 Å². The molecule has 0 saturated carbocycles. The Bertz CT molecular complexity index is 1470. The van der Waals surface area contributed by atoms with Crippen LogP contribution in [0.5, 0.6) is 5.75 Å². The van der Waals surface area contributed by atoms with Gasteiger partial charge in [-0.1, -0.05) is 56.8 Å². The van der Waals surface area contributed by atoms with E-state index < -0.39 is 12.3 Å². The van der Waals surface area contributed by atoms with Gasteiger partial charge in [0.15, 0.2) is 5.13 Å². The van der Waals surface area contributed by atoms with Crippen molar-refractivity contribution in [2.75, 3.05) is 45.8 Å². The van der Waals surface area contributed by atoms with Gasteiger partial charge in [0.2, 0.25) is 5.95 Å². The number of aromatic nitrogens is 3. The number of nitrogens with zero attached hydrogens (tertiary/aromatic N) is 3. The van der Waals surface area contributed by atoms with E-state index in [2.05, 4.69) is 32.3 Å². The van der Waals surface area contributed by atoms with Crippen LogP contribution in [0.4, 0.5) is 24.3 Å². The normalized spacial score (nSPS) is 11.5. The average molecular weight is 654 g/mol. The zero-order chi connectivity index (χ0) is 32.7. The predicted molar refractivity (Wildman–Crippen MR) is 171 cm³/mol. The van der Waals surface area contributed by atoms with Crippen molar-refractivity contribution in [3.63, 3.8) is 0 Å². The topological polar surface area (TPSA) is 120 Å². The standard InChI is InChI=1S/C19H15F3N4O4S.C12H27NO/c1-29-7-6-26-14-5-2-10(16(27)28)8-13(14)23-17(26)25-18-24-12-4-3-11(9-15(12)31-18)30-19(20,21)22;1-3-4-5-6-7-8-9-10-13-11-12-14-2/h2-5,8-9H,6-7H2,1H3,(H,27,28)(H,23,24,25);13H,3-12H2,1-2H3. The van der Waals surface area contributed by atoms with Gasteiger partial charge in [-0.2, -0.15) is 0 Å². The third-order valence-corrected chi connectivity index (χ3v) is 7.70. The minimum absolute atomic E-state index is 0.104. The van der Waals surface area contributed by atoms with Crippen LogP contribution >= 0.6 is 11.3 Å². The van der Waals surface area contributed by atoms with Crippen LogP contribution in [0.15, 0.2) is 36.4 Å². The van der Waals surface area contributed by atoms with E-state index in [4.69, 9.17) is 9.47 Å². The number of carboxylic acid groups (broad SMARTS) is 1. The highest BCUT2D eigenvalue weighted by molar-refractivity contribution is 7.22. The van der Waals surface area contributed by atoms with E-state index in [1.807, 2.05) is 4.57 Å². The maximum absolute atomic E-state index is 12.5. The van der Waals surface area contributed by atoms with Crippen molar-refractivity contribution in [3.05, 3.63) is 42.0 Å². The molecule has 4 rings (SSSR count). The molecule has 2 aromatic carbocycles. The Morgan fingerprint density at radius 3 is 2.36 bits per heavy atom. The lowest BCUT2D eigenvalue weighted by molar-refractivity contribution is -0.274. The molecule has 2 heterocycles. The van der Waals surface area contributed by atoms with Gasteiger partial charge in [0, 0.05) is 33.4 Å². The molecule has 248 valence electrons. The average Bonchev–Trinajstić information content (AvgIpc) is 3.55. The summed E-state index contributed by atoms with van der Waals surface area (Å²) in [5.41, 5.74) is 1.77. The Morgan fingerprint density at radius 2 is 1.67 bits per heavy atom. The number of imidazole rings is 1. The summed E-state index contributed by atoms with van der Waals surface area (Å²) in [6.45, 7) is 6.06. The van der Waals surface area contributed by atoms with E-state index >= 15 is 0 Å². The fraction of sp³-hybridized carbons (Fsp3) is 0.516. The van der Waals surface area contributed by atoms with Crippen molar-refractivity contribution in [2.45, 2.75) is 64.8 Å². The van der Waals surface area contributed by atoms with Crippen molar-refractivity contribution in [3.8, 4) is 5.75 Å². The van der Waals surface area contributed by atoms with E-state index in [1.165, 1.54) is 75.3 Å². The molecule has 0 amide bonds. The largest absolute Gasteiger partial charge is 0.573 e. The number of thiazole rings is 1. The zero-order valence-electron chi connectivity index (χ0n) is 25.9. The summed E-state index contributed by atoms with van der Waals surface area (Å²) in [7, 11) is 3.30. The molecule has 10 nitrogen and oxygen atoms in total. The number of methoxy groups -OCH3 is 2. The van der Waals surface area contributed by atoms with Gasteiger partial charge in [-0.25, -0.2) is 14.8 Å². The number of carboxylic acids is 1. The number of halogens is 3. The first-order valence-corrected chi connectivity index (χ1v) is 15.8. The third-order valence-electron chi connectivity index (χ3n) is 6.77.